The van der Waals surface area contributed by atoms with Gasteiger partial charge < -0.3 is 24.3 Å². The Morgan fingerprint density at radius 2 is 1.39 bits per heavy atom. The lowest BCUT2D eigenvalue weighted by molar-refractivity contribution is -0.126. The molecule has 0 atom stereocenters. The van der Waals surface area contributed by atoms with Crippen molar-refractivity contribution in [3.05, 3.63) is 0 Å². The summed E-state index contributed by atoms with van der Waals surface area (Å²) in [5.41, 5.74) is 0. The summed E-state index contributed by atoms with van der Waals surface area (Å²) in [5.74, 6) is -0.175. The second-order valence-electron chi connectivity index (χ2n) is 4.27. The van der Waals surface area contributed by atoms with Crippen molar-refractivity contribution in [2.75, 3.05) is 65.9 Å². The summed E-state index contributed by atoms with van der Waals surface area (Å²) < 4.78 is 23.8. The van der Waals surface area contributed by atoms with Crippen LogP contribution in [0.2, 0.25) is 0 Å². The molecule has 136 valence electrons. The van der Waals surface area contributed by atoms with Crippen molar-refractivity contribution in [3.63, 3.8) is 0 Å². The predicted molar refractivity (Wildman–Crippen MR) is 102 cm³/mol. The number of ether oxygens (including phenoxy) is 4. The zero-order valence-electron chi connectivity index (χ0n) is 13.0. The molecule has 0 spiro atoms. The third-order valence-corrected chi connectivity index (χ3v) is 3.16. The standard InChI is InChI=1S/C13H24I2N2O6/c14-12(18)10-22-5-1-4-20-6-2-16-13(19)11-23-9-8-21-7-3-17-15/h17H,1-11H2,(H,16,19). The van der Waals surface area contributed by atoms with Crippen molar-refractivity contribution in [2.45, 2.75) is 6.42 Å². The van der Waals surface area contributed by atoms with Gasteiger partial charge in [-0.15, -0.1) is 0 Å². The second kappa shape index (κ2) is 18.7. The lowest BCUT2D eigenvalue weighted by atomic mass is 10.5. The normalized spacial score (nSPS) is 10.7. The number of amides is 1. The van der Waals surface area contributed by atoms with Gasteiger partial charge in [-0.3, -0.25) is 13.1 Å². The SMILES string of the molecule is O=C(I)COCCCOCCNC(=O)COCCOCCNI. The van der Waals surface area contributed by atoms with Crippen LogP contribution < -0.4 is 8.85 Å². The average Bonchev–Trinajstić information content (AvgIpc) is 2.52. The van der Waals surface area contributed by atoms with Crippen LogP contribution in [-0.4, -0.2) is 75.6 Å². The Hall–Kier alpha value is 0.400. The van der Waals surface area contributed by atoms with Gasteiger partial charge in [-0.05, 0) is 6.42 Å². The van der Waals surface area contributed by atoms with E-state index < -0.39 is 0 Å². The highest BCUT2D eigenvalue weighted by Gasteiger charge is 2.00. The molecule has 0 rings (SSSR count). The molecule has 8 nitrogen and oxygen atoms in total. The van der Waals surface area contributed by atoms with Crippen LogP contribution >= 0.6 is 45.5 Å². The number of nitrogens with one attached hydrogen (secondary N) is 2. The minimum Gasteiger partial charge on any atom is -0.380 e. The fourth-order valence-corrected chi connectivity index (χ4v) is 1.77. The summed E-state index contributed by atoms with van der Waals surface area (Å²) in [5, 5.41) is 2.69. The summed E-state index contributed by atoms with van der Waals surface area (Å²) in [7, 11) is 0. The van der Waals surface area contributed by atoms with Gasteiger partial charge in [0, 0.05) is 71.8 Å². The van der Waals surface area contributed by atoms with Crippen LogP contribution in [0.3, 0.4) is 0 Å². The number of carbonyl (C=O) groups excluding carboxylic acids is 2. The van der Waals surface area contributed by atoms with Gasteiger partial charge in [-0.2, -0.15) is 0 Å². The van der Waals surface area contributed by atoms with Crippen LogP contribution in [0, 0.1) is 0 Å². The molecule has 0 saturated carbocycles. The maximum absolute atomic E-state index is 11.4. The molecule has 0 aromatic rings. The van der Waals surface area contributed by atoms with Crippen molar-refractivity contribution in [2.24, 2.45) is 0 Å². The van der Waals surface area contributed by atoms with Crippen LogP contribution in [0.5, 0.6) is 0 Å². The molecule has 0 aliphatic rings. The molecule has 1 amide bonds. The Balaban J connectivity index is 3.17. The largest absolute Gasteiger partial charge is 0.380 e. The van der Waals surface area contributed by atoms with E-state index in [-0.39, 0.29) is 22.9 Å². The summed E-state index contributed by atoms with van der Waals surface area (Å²) in [6.45, 7) is 4.32. The van der Waals surface area contributed by atoms with Crippen molar-refractivity contribution in [1.29, 1.82) is 0 Å². The zero-order valence-corrected chi connectivity index (χ0v) is 17.3. The van der Waals surface area contributed by atoms with Gasteiger partial charge in [-0.1, -0.05) is 0 Å². The number of carbonyl (C=O) groups is 2. The summed E-state index contributed by atoms with van der Waals surface area (Å²) in [6, 6.07) is 0. The molecule has 0 fully saturated rings. The lowest BCUT2D eigenvalue weighted by Crippen LogP contribution is -2.31. The highest BCUT2D eigenvalue weighted by molar-refractivity contribution is 14.1. The molecule has 0 radical (unpaired) electrons. The molecule has 0 saturated heterocycles. The third kappa shape index (κ3) is 20.4. The van der Waals surface area contributed by atoms with Gasteiger partial charge in [0.15, 0.2) is 0 Å². The first kappa shape index (κ1) is 23.4. The smallest absolute Gasteiger partial charge is 0.246 e. The van der Waals surface area contributed by atoms with Crippen LogP contribution in [0.25, 0.3) is 0 Å². The van der Waals surface area contributed by atoms with Crippen LogP contribution in [-0.2, 0) is 28.5 Å². The molecule has 2 N–H and O–H groups in total. The molecule has 0 aliphatic carbocycles. The van der Waals surface area contributed by atoms with Crippen molar-refractivity contribution < 1.29 is 28.5 Å². The topological polar surface area (TPSA) is 95.1 Å². The van der Waals surface area contributed by atoms with E-state index in [2.05, 4.69) is 31.7 Å². The van der Waals surface area contributed by atoms with E-state index in [1.165, 1.54) is 0 Å². The van der Waals surface area contributed by atoms with Crippen molar-refractivity contribution in [3.8, 4) is 0 Å². The molecule has 0 aliphatic heterocycles. The molecule has 0 unspecified atom stereocenters. The van der Waals surface area contributed by atoms with Crippen molar-refractivity contribution >= 4 is 55.2 Å². The summed E-state index contributed by atoms with van der Waals surface area (Å²) in [6.07, 6.45) is 0.716. The Bertz CT molecular complexity index is 310. The molecular weight excluding hydrogens is 534 g/mol. The molecule has 0 aromatic heterocycles. The van der Waals surface area contributed by atoms with Gasteiger partial charge in [0.1, 0.15) is 13.2 Å². The van der Waals surface area contributed by atoms with Crippen molar-refractivity contribution in [1.82, 2.24) is 8.85 Å². The van der Waals surface area contributed by atoms with Crippen LogP contribution in [0.4, 0.5) is 0 Å². The van der Waals surface area contributed by atoms with Crippen LogP contribution in [0.15, 0.2) is 0 Å². The quantitative estimate of drug-likeness (QED) is 0.116. The van der Waals surface area contributed by atoms with E-state index in [0.717, 1.165) is 6.54 Å². The summed E-state index contributed by atoms with van der Waals surface area (Å²) in [4.78, 5) is 22.0. The lowest BCUT2D eigenvalue weighted by Gasteiger charge is -2.08. The number of rotatable bonds is 17. The van der Waals surface area contributed by atoms with E-state index in [1.54, 1.807) is 22.6 Å². The number of halogens is 2. The monoisotopic (exact) mass is 558 g/mol. The van der Waals surface area contributed by atoms with E-state index in [9.17, 15) is 9.59 Å². The third-order valence-electron chi connectivity index (χ3n) is 2.31. The second-order valence-corrected chi connectivity index (χ2v) is 6.24. The maximum Gasteiger partial charge on any atom is 0.246 e. The highest BCUT2D eigenvalue weighted by atomic mass is 127. The Morgan fingerprint density at radius 3 is 2.13 bits per heavy atom. The molecule has 0 heterocycles. The molecule has 0 bridgehead atoms. The molecule has 23 heavy (non-hydrogen) atoms. The zero-order chi connectivity index (χ0) is 17.2. The number of hydrogen-bond donors (Lipinski definition) is 2. The molecule has 10 heteroatoms. The highest BCUT2D eigenvalue weighted by Crippen LogP contribution is 1.89. The minimum absolute atomic E-state index is 0.0161. The average molecular weight is 558 g/mol. The van der Waals surface area contributed by atoms with Gasteiger partial charge in [0.05, 0.1) is 26.4 Å². The first-order valence-electron chi connectivity index (χ1n) is 7.26. The number of hydrogen-bond acceptors (Lipinski definition) is 7. The van der Waals surface area contributed by atoms with E-state index in [1.807, 2.05) is 0 Å². The first-order chi connectivity index (χ1) is 11.2. The van der Waals surface area contributed by atoms with Gasteiger partial charge >= 0.3 is 0 Å². The van der Waals surface area contributed by atoms with E-state index in [0.29, 0.717) is 52.6 Å². The summed E-state index contributed by atoms with van der Waals surface area (Å²) >= 11 is 3.74. The Kier molecular flexibility index (Phi) is 19.1. The molecular formula is C13H24I2N2O6. The minimum atomic E-state index is -0.175. The first-order valence-corrected chi connectivity index (χ1v) is 9.42. The Morgan fingerprint density at radius 1 is 0.783 bits per heavy atom. The Labute approximate surface area is 164 Å². The molecule has 0 aromatic carbocycles. The maximum atomic E-state index is 11.4. The van der Waals surface area contributed by atoms with Crippen LogP contribution in [0.1, 0.15) is 6.42 Å². The van der Waals surface area contributed by atoms with Gasteiger partial charge in [-0.25, -0.2) is 0 Å². The van der Waals surface area contributed by atoms with Gasteiger partial charge in [0.25, 0.3) is 0 Å². The van der Waals surface area contributed by atoms with Gasteiger partial charge in [0.2, 0.25) is 9.70 Å². The predicted octanol–water partition coefficient (Wildman–Crippen LogP) is 0.460. The fourth-order valence-electron chi connectivity index (χ4n) is 1.33. The van der Waals surface area contributed by atoms with E-state index in [4.69, 9.17) is 18.9 Å². The van der Waals surface area contributed by atoms with E-state index >= 15 is 0 Å². The fraction of sp³-hybridized carbons (Fsp3) is 0.846.